The van der Waals surface area contributed by atoms with E-state index in [9.17, 15) is 4.21 Å². The van der Waals surface area contributed by atoms with Gasteiger partial charge in [-0.1, -0.05) is 13.3 Å². The van der Waals surface area contributed by atoms with Gasteiger partial charge in [-0.3, -0.25) is 4.21 Å². The molecule has 15 heavy (non-hydrogen) atoms. The van der Waals surface area contributed by atoms with Crippen molar-refractivity contribution in [1.82, 2.24) is 5.32 Å². The lowest BCUT2D eigenvalue weighted by Gasteiger charge is -2.27. The Morgan fingerprint density at radius 1 is 1.47 bits per heavy atom. The Kier molecular flexibility index (Phi) is 6.45. The molecule has 0 aromatic rings. The molecule has 0 aliphatic carbocycles. The highest BCUT2D eigenvalue weighted by atomic mass is 32.2. The number of nitrogens with one attached hydrogen (secondary N) is 1. The summed E-state index contributed by atoms with van der Waals surface area (Å²) in [6, 6.07) is 1.02. The molecule has 0 amide bonds. The molecule has 1 aliphatic rings. The summed E-state index contributed by atoms with van der Waals surface area (Å²) in [6.45, 7) is 2.98. The van der Waals surface area contributed by atoms with Crippen molar-refractivity contribution in [1.29, 1.82) is 0 Å². The van der Waals surface area contributed by atoms with Gasteiger partial charge in [-0.2, -0.15) is 0 Å². The standard InChI is InChI=1S/C11H23NO2S/c1-3-4-11(9-14-2)12-10-5-7-15(13)8-6-10/h10-12H,3-9H2,1-2H3. The highest BCUT2D eigenvalue weighted by molar-refractivity contribution is 7.85. The lowest BCUT2D eigenvalue weighted by Crippen LogP contribution is -2.44. The SMILES string of the molecule is CCCC(COC)NC1CCS(=O)CC1. The minimum Gasteiger partial charge on any atom is -0.383 e. The molecule has 4 heteroatoms. The molecule has 1 fully saturated rings. The van der Waals surface area contributed by atoms with Crippen LogP contribution in [-0.4, -0.2) is 41.5 Å². The molecule has 0 radical (unpaired) electrons. The summed E-state index contributed by atoms with van der Waals surface area (Å²) in [5.41, 5.74) is 0. The van der Waals surface area contributed by atoms with Crippen molar-refractivity contribution in [3.63, 3.8) is 0 Å². The highest BCUT2D eigenvalue weighted by Crippen LogP contribution is 2.11. The van der Waals surface area contributed by atoms with Crippen LogP contribution < -0.4 is 5.32 Å². The van der Waals surface area contributed by atoms with Crippen LogP contribution in [0.15, 0.2) is 0 Å². The summed E-state index contributed by atoms with van der Waals surface area (Å²) in [4.78, 5) is 0. The smallest absolute Gasteiger partial charge is 0.0615 e. The molecule has 1 rings (SSSR count). The molecule has 0 saturated carbocycles. The zero-order chi connectivity index (χ0) is 11.1. The summed E-state index contributed by atoms with van der Waals surface area (Å²) >= 11 is 0. The summed E-state index contributed by atoms with van der Waals surface area (Å²) in [5.74, 6) is 1.73. The minimum atomic E-state index is -0.554. The van der Waals surface area contributed by atoms with Gasteiger partial charge in [0.05, 0.1) is 6.61 Å². The van der Waals surface area contributed by atoms with Crippen LogP contribution in [-0.2, 0) is 15.5 Å². The average Bonchev–Trinajstić information content (AvgIpc) is 2.22. The van der Waals surface area contributed by atoms with Crippen LogP contribution in [0.3, 0.4) is 0 Å². The number of hydrogen-bond acceptors (Lipinski definition) is 3. The van der Waals surface area contributed by atoms with Gasteiger partial charge in [0.1, 0.15) is 0 Å². The molecule has 1 aliphatic heterocycles. The molecule has 1 saturated heterocycles. The van der Waals surface area contributed by atoms with Crippen LogP contribution in [0.4, 0.5) is 0 Å². The summed E-state index contributed by atoms with van der Waals surface area (Å²) in [5, 5.41) is 3.62. The molecule has 90 valence electrons. The van der Waals surface area contributed by atoms with Gasteiger partial charge in [-0.25, -0.2) is 0 Å². The van der Waals surface area contributed by atoms with Crippen molar-refractivity contribution in [2.45, 2.75) is 44.7 Å². The van der Waals surface area contributed by atoms with E-state index in [1.54, 1.807) is 7.11 Å². The predicted molar refractivity (Wildman–Crippen MR) is 64.6 cm³/mol. The third-order valence-electron chi connectivity index (χ3n) is 2.86. The van der Waals surface area contributed by atoms with Crippen LogP contribution in [0, 0.1) is 0 Å². The van der Waals surface area contributed by atoms with Gasteiger partial charge >= 0.3 is 0 Å². The first-order valence-electron chi connectivity index (χ1n) is 5.86. The van der Waals surface area contributed by atoms with Crippen LogP contribution in [0.25, 0.3) is 0 Å². The molecule has 0 aromatic heterocycles. The Balaban J connectivity index is 2.27. The average molecular weight is 233 g/mol. The molecular weight excluding hydrogens is 210 g/mol. The van der Waals surface area contributed by atoms with E-state index in [2.05, 4.69) is 12.2 Å². The van der Waals surface area contributed by atoms with Gasteiger partial charge < -0.3 is 10.1 Å². The monoisotopic (exact) mass is 233 g/mol. The maximum Gasteiger partial charge on any atom is 0.0615 e. The number of methoxy groups -OCH3 is 1. The van der Waals surface area contributed by atoms with Crippen molar-refractivity contribution >= 4 is 10.8 Å². The summed E-state index contributed by atoms with van der Waals surface area (Å²) in [7, 11) is 1.20. The van der Waals surface area contributed by atoms with E-state index in [1.165, 1.54) is 6.42 Å². The topological polar surface area (TPSA) is 38.3 Å². The molecular formula is C11H23NO2S. The van der Waals surface area contributed by atoms with E-state index in [0.717, 1.165) is 37.4 Å². The third-order valence-corrected chi connectivity index (χ3v) is 4.25. The van der Waals surface area contributed by atoms with Crippen molar-refractivity contribution < 1.29 is 8.95 Å². The number of ether oxygens (including phenoxy) is 1. The van der Waals surface area contributed by atoms with E-state index in [0.29, 0.717) is 12.1 Å². The Bertz CT molecular complexity index is 183. The largest absolute Gasteiger partial charge is 0.383 e. The second kappa shape index (κ2) is 7.36. The van der Waals surface area contributed by atoms with Crippen LogP contribution >= 0.6 is 0 Å². The van der Waals surface area contributed by atoms with Gasteiger partial charge in [-0.15, -0.1) is 0 Å². The quantitative estimate of drug-likeness (QED) is 0.751. The van der Waals surface area contributed by atoms with E-state index in [1.807, 2.05) is 0 Å². The van der Waals surface area contributed by atoms with Crippen molar-refractivity contribution in [2.75, 3.05) is 25.2 Å². The van der Waals surface area contributed by atoms with Crippen molar-refractivity contribution in [3.05, 3.63) is 0 Å². The fraction of sp³-hybridized carbons (Fsp3) is 1.00. The second-order valence-corrected chi connectivity index (χ2v) is 5.93. The molecule has 3 nitrogen and oxygen atoms in total. The molecule has 1 heterocycles. The number of hydrogen-bond donors (Lipinski definition) is 1. The Hall–Kier alpha value is 0.0700. The molecule has 0 spiro atoms. The molecule has 0 bridgehead atoms. The van der Waals surface area contributed by atoms with Gasteiger partial charge in [0.2, 0.25) is 0 Å². The van der Waals surface area contributed by atoms with E-state index >= 15 is 0 Å². The van der Waals surface area contributed by atoms with E-state index < -0.39 is 10.8 Å². The first kappa shape index (κ1) is 13.1. The summed E-state index contributed by atoms with van der Waals surface area (Å²) < 4.78 is 16.4. The normalized spacial score (nSPS) is 28.9. The first-order valence-corrected chi connectivity index (χ1v) is 7.35. The van der Waals surface area contributed by atoms with Gasteiger partial charge in [-0.05, 0) is 19.3 Å². The Morgan fingerprint density at radius 2 is 2.13 bits per heavy atom. The van der Waals surface area contributed by atoms with Crippen LogP contribution in [0.2, 0.25) is 0 Å². The van der Waals surface area contributed by atoms with Gasteiger partial charge in [0.15, 0.2) is 0 Å². The molecule has 1 N–H and O–H groups in total. The molecule has 1 atom stereocenters. The van der Waals surface area contributed by atoms with Gasteiger partial charge in [0.25, 0.3) is 0 Å². The first-order chi connectivity index (χ1) is 7.26. The van der Waals surface area contributed by atoms with Gasteiger partial charge in [0, 0.05) is 41.5 Å². The maximum absolute atomic E-state index is 11.2. The Labute approximate surface area is 95.4 Å². The minimum absolute atomic E-state index is 0.469. The second-order valence-electron chi connectivity index (χ2n) is 4.23. The fourth-order valence-electron chi connectivity index (χ4n) is 2.06. The van der Waals surface area contributed by atoms with Crippen LogP contribution in [0.5, 0.6) is 0 Å². The molecule has 0 aromatic carbocycles. The highest BCUT2D eigenvalue weighted by Gasteiger charge is 2.20. The zero-order valence-electron chi connectivity index (χ0n) is 9.83. The third kappa shape index (κ3) is 5.09. The lowest BCUT2D eigenvalue weighted by atomic mass is 10.1. The lowest BCUT2D eigenvalue weighted by molar-refractivity contribution is 0.154. The van der Waals surface area contributed by atoms with Crippen molar-refractivity contribution in [3.8, 4) is 0 Å². The maximum atomic E-state index is 11.2. The Morgan fingerprint density at radius 3 is 2.67 bits per heavy atom. The van der Waals surface area contributed by atoms with E-state index in [-0.39, 0.29) is 0 Å². The van der Waals surface area contributed by atoms with Crippen LogP contribution in [0.1, 0.15) is 32.6 Å². The number of rotatable bonds is 6. The zero-order valence-corrected chi connectivity index (χ0v) is 10.6. The van der Waals surface area contributed by atoms with E-state index in [4.69, 9.17) is 4.74 Å². The van der Waals surface area contributed by atoms with Crippen molar-refractivity contribution in [2.24, 2.45) is 0 Å². The summed E-state index contributed by atoms with van der Waals surface area (Å²) in [6.07, 6.45) is 4.44. The fourth-order valence-corrected chi connectivity index (χ4v) is 3.36. The predicted octanol–water partition coefficient (Wildman–Crippen LogP) is 1.30. The molecule has 1 unspecified atom stereocenters.